The maximum Gasteiger partial charge on any atom is 0.252 e. The van der Waals surface area contributed by atoms with Crippen LogP contribution in [0, 0.1) is 0 Å². The van der Waals surface area contributed by atoms with E-state index in [2.05, 4.69) is 10.3 Å². The fraction of sp³-hybridized carbons (Fsp3) is 0.143. The van der Waals surface area contributed by atoms with Crippen molar-refractivity contribution in [2.75, 3.05) is 6.54 Å². The van der Waals surface area contributed by atoms with E-state index in [1.54, 1.807) is 30.6 Å². The Hall–Kier alpha value is -1.58. The zero-order valence-corrected chi connectivity index (χ0v) is 11.6. The Morgan fingerprint density at radius 1 is 1.21 bits per heavy atom. The second-order valence-electron chi connectivity index (χ2n) is 3.97. The van der Waals surface area contributed by atoms with Gasteiger partial charge in [0, 0.05) is 18.9 Å². The standard InChI is InChI=1S/C14H12Cl2N2O/c15-12-5-1-4-11(13(12)16)14(19)18-8-6-10-3-2-7-17-9-10/h1-5,7,9H,6,8H2,(H,18,19). The van der Waals surface area contributed by atoms with E-state index in [4.69, 9.17) is 23.2 Å². The van der Waals surface area contributed by atoms with E-state index in [1.807, 2.05) is 12.1 Å². The highest BCUT2D eigenvalue weighted by Crippen LogP contribution is 2.25. The number of aromatic nitrogens is 1. The average molecular weight is 295 g/mol. The highest BCUT2D eigenvalue weighted by molar-refractivity contribution is 6.43. The van der Waals surface area contributed by atoms with Gasteiger partial charge in [-0.25, -0.2) is 0 Å². The Morgan fingerprint density at radius 3 is 2.79 bits per heavy atom. The molecule has 0 fully saturated rings. The summed E-state index contributed by atoms with van der Waals surface area (Å²) in [4.78, 5) is 16.0. The molecule has 98 valence electrons. The first-order valence-corrected chi connectivity index (χ1v) is 6.55. The normalized spacial score (nSPS) is 10.2. The number of benzene rings is 1. The smallest absolute Gasteiger partial charge is 0.252 e. The number of carbonyl (C=O) groups is 1. The monoisotopic (exact) mass is 294 g/mol. The topological polar surface area (TPSA) is 42.0 Å². The second kappa shape index (κ2) is 6.55. The molecule has 2 aromatic rings. The lowest BCUT2D eigenvalue weighted by molar-refractivity contribution is 0.0954. The molecular formula is C14H12Cl2N2O. The Morgan fingerprint density at radius 2 is 2.05 bits per heavy atom. The van der Waals surface area contributed by atoms with Gasteiger partial charge in [0.1, 0.15) is 0 Å². The summed E-state index contributed by atoms with van der Waals surface area (Å²) in [5.41, 5.74) is 1.46. The van der Waals surface area contributed by atoms with Gasteiger partial charge in [-0.3, -0.25) is 9.78 Å². The molecule has 5 heteroatoms. The molecule has 0 aliphatic carbocycles. The van der Waals surface area contributed by atoms with Crippen molar-refractivity contribution in [3.63, 3.8) is 0 Å². The Kier molecular flexibility index (Phi) is 4.77. The zero-order valence-electron chi connectivity index (χ0n) is 10.1. The lowest BCUT2D eigenvalue weighted by Gasteiger charge is -2.07. The lowest BCUT2D eigenvalue weighted by Crippen LogP contribution is -2.26. The Bertz CT molecular complexity index is 573. The molecule has 0 saturated carbocycles. The highest BCUT2D eigenvalue weighted by Gasteiger charge is 2.11. The van der Waals surface area contributed by atoms with Gasteiger partial charge >= 0.3 is 0 Å². The molecule has 0 aliphatic heterocycles. The Balaban J connectivity index is 1.93. The summed E-state index contributed by atoms with van der Waals surface area (Å²) < 4.78 is 0. The van der Waals surface area contributed by atoms with Crippen LogP contribution in [0.3, 0.4) is 0 Å². The molecule has 0 bridgehead atoms. The quantitative estimate of drug-likeness (QED) is 0.939. The molecule has 1 heterocycles. The number of rotatable bonds is 4. The van der Waals surface area contributed by atoms with Gasteiger partial charge in [-0.15, -0.1) is 0 Å². The summed E-state index contributed by atoms with van der Waals surface area (Å²) in [5, 5.41) is 3.46. The molecule has 19 heavy (non-hydrogen) atoms. The molecule has 1 aromatic carbocycles. The minimum absolute atomic E-state index is 0.226. The van der Waals surface area contributed by atoms with Crippen molar-refractivity contribution in [2.45, 2.75) is 6.42 Å². The predicted molar refractivity (Wildman–Crippen MR) is 76.7 cm³/mol. The van der Waals surface area contributed by atoms with Gasteiger partial charge in [-0.2, -0.15) is 0 Å². The SMILES string of the molecule is O=C(NCCc1cccnc1)c1cccc(Cl)c1Cl. The van der Waals surface area contributed by atoms with E-state index in [0.717, 1.165) is 12.0 Å². The first-order valence-electron chi connectivity index (χ1n) is 5.79. The highest BCUT2D eigenvalue weighted by atomic mass is 35.5. The summed E-state index contributed by atoms with van der Waals surface area (Å²) in [5.74, 6) is -0.226. The van der Waals surface area contributed by atoms with Crippen LogP contribution in [0.15, 0.2) is 42.7 Å². The van der Waals surface area contributed by atoms with Crippen LogP contribution in [0.5, 0.6) is 0 Å². The number of hydrogen-bond acceptors (Lipinski definition) is 2. The molecule has 1 amide bonds. The van der Waals surface area contributed by atoms with Crippen LogP contribution in [-0.4, -0.2) is 17.4 Å². The van der Waals surface area contributed by atoms with Crippen LogP contribution < -0.4 is 5.32 Å². The largest absolute Gasteiger partial charge is 0.352 e. The zero-order chi connectivity index (χ0) is 13.7. The summed E-state index contributed by atoms with van der Waals surface area (Å²) in [7, 11) is 0. The van der Waals surface area contributed by atoms with Crippen LogP contribution >= 0.6 is 23.2 Å². The average Bonchev–Trinajstić information content (AvgIpc) is 2.43. The van der Waals surface area contributed by atoms with Crippen molar-refractivity contribution >= 4 is 29.1 Å². The molecule has 0 aliphatic rings. The van der Waals surface area contributed by atoms with Crippen molar-refractivity contribution < 1.29 is 4.79 Å². The van der Waals surface area contributed by atoms with Gasteiger partial charge in [-0.1, -0.05) is 35.3 Å². The first-order chi connectivity index (χ1) is 9.18. The van der Waals surface area contributed by atoms with Crippen LogP contribution in [-0.2, 0) is 6.42 Å². The summed E-state index contributed by atoms with van der Waals surface area (Å²) in [6.45, 7) is 0.521. The van der Waals surface area contributed by atoms with Gasteiger partial charge in [0.05, 0.1) is 15.6 Å². The first kappa shape index (κ1) is 13.8. The number of hydrogen-bond donors (Lipinski definition) is 1. The van der Waals surface area contributed by atoms with Crippen LogP contribution in [0.25, 0.3) is 0 Å². The lowest BCUT2D eigenvalue weighted by atomic mass is 10.2. The van der Waals surface area contributed by atoms with Gasteiger partial charge < -0.3 is 5.32 Å². The number of amides is 1. The summed E-state index contributed by atoms with van der Waals surface area (Å²) in [6.07, 6.45) is 4.21. The van der Waals surface area contributed by atoms with Crippen molar-refractivity contribution in [3.8, 4) is 0 Å². The van der Waals surface area contributed by atoms with Crippen LogP contribution in [0.2, 0.25) is 10.0 Å². The molecular weight excluding hydrogens is 283 g/mol. The second-order valence-corrected chi connectivity index (χ2v) is 4.75. The summed E-state index contributed by atoms with van der Waals surface area (Å²) in [6, 6.07) is 8.82. The molecule has 3 nitrogen and oxygen atoms in total. The molecule has 1 aromatic heterocycles. The molecule has 0 saturated heterocycles. The molecule has 0 radical (unpaired) electrons. The van der Waals surface area contributed by atoms with E-state index in [-0.39, 0.29) is 10.9 Å². The van der Waals surface area contributed by atoms with Crippen LogP contribution in [0.1, 0.15) is 15.9 Å². The molecule has 0 unspecified atom stereocenters. The van der Waals surface area contributed by atoms with Gasteiger partial charge in [0.25, 0.3) is 5.91 Å². The van der Waals surface area contributed by atoms with Gasteiger partial charge in [0.2, 0.25) is 0 Å². The maximum absolute atomic E-state index is 11.9. The van der Waals surface area contributed by atoms with Gasteiger partial charge in [-0.05, 0) is 30.2 Å². The number of carbonyl (C=O) groups excluding carboxylic acids is 1. The molecule has 1 N–H and O–H groups in total. The third kappa shape index (κ3) is 3.69. The van der Waals surface area contributed by atoms with E-state index in [1.165, 1.54) is 0 Å². The van der Waals surface area contributed by atoms with E-state index in [0.29, 0.717) is 17.1 Å². The van der Waals surface area contributed by atoms with Crippen molar-refractivity contribution in [2.24, 2.45) is 0 Å². The number of nitrogens with zero attached hydrogens (tertiary/aromatic N) is 1. The molecule has 0 atom stereocenters. The molecule has 0 spiro atoms. The maximum atomic E-state index is 11.9. The van der Waals surface area contributed by atoms with Crippen molar-refractivity contribution in [1.29, 1.82) is 0 Å². The summed E-state index contributed by atoms with van der Waals surface area (Å²) >= 11 is 11.8. The third-order valence-corrected chi connectivity index (χ3v) is 3.44. The number of pyridine rings is 1. The van der Waals surface area contributed by atoms with Crippen molar-refractivity contribution in [1.82, 2.24) is 10.3 Å². The fourth-order valence-corrected chi connectivity index (χ4v) is 2.03. The fourth-order valence-electron chi connectivity index (χ4n) is 1.64. The Labute approximate surface area is 121 Å². The predicted octanol–water partition coefficient (Wildman–Crippen LogP) is 3.36. The van der Waals surface area contributed by atoms with E-state index < -0.39 is 0 Å². The van der Waals surface area contributed by atoms with Crippen LogP contribution in [0.4, 0.5) is 0 Å². The third-order valence-electron chi connectivity index (χ3n) is 2.62. The number of halogens is 2. The van der Waals surface area contributed by atoms with Crippen molar-refractivity contribution in [3.05, 3.63) is 63.9 Å². The minimum Gasteiger partial charge on any atom is -0.352 e. The number of nitrogens with one attached hydrogen (secondary N) is 1. The minimum atomic E-state index is -0.226. The van der Waals surface area contributed by atoms with E-state index in [9.17, 15) is 4.79 Å². The molecule has 2 rings (SSSR count). The van der Waals surface area contributed by atoms with Gasteiger partial charge in [0.15, 0.2) is 0 Å². The van der Waals surface area contributed by atoms with E-state index >= 15 is 0 Å².